The topological polar surface area (TPSA) is 56.1 Å². The Balaban J connectivity index is 1.55. The molecule has 0 saturated carbocycles. The van der Waals surface area contributed by atoms with Crippen LogP contribution in [0.1, 0.15) is 5.56 Å². The molecule has 0 aliphatic carbocycles. The normalized spacial score (nSPS) is 10.8. The summed E-state index contributed by atoms with van der Waals surface area (Å²) in [6, 6.07) is 23.7. The summed E-state index contributed by atoms with van der Waals surface area (Å²) in [5.74, 6) is 0.629. The van der Waals surface area contributed by atoms with Crippen LogP contribution in [0.5, 0.6) is 5.75 Å². The van der Waals surface area contributed by atoms with Gasteiger partial charge in [-0.2, -0.15) is 5.10 Å². The zero-order valence-corrected chi connectivity index (χ0v) is 17.5. The summed E-state index contributed by atoms with van der Waals surface area (Å²) in [6.07, 6.45) is 0. The van der Waals surface area contributed by atoms with Crippen molar-refractivity contribution in [1.82, 2.24) is 15.1 Å². The third kappa shape index (κ3) is 4.17. The monoisotopic (exact) mass is 449 g/mol. The van der Waals surface area contributed by atoms with E-state index in [-0.39, 0.29) is 12.5 Å². The largest absolute Gasteiger partial charge is 0.496 e. The third-order valence-electron chi connectivity index (χ3n) is 4.72. The predicted molar refractivity (Wildman–Crippen MR) is 118 cm³/mol. The van der Waals surface area contributed by atoms with Gasteiger partial charge in [0.1, 0.15) is 18.0 Å². The van der Waals surface area contributed by atoms with Crippen molar-refractivity contribution >= 4 is 32.7 Å². The first-order chi connectivity index (χ1) is 14.2. The lowest BCUT2D eigenvalue weighted by Gasteiger charge is -2.10. The van der Waals surface area contributed by atoms with Gasteiger partial charge in [0.05, 0.1) is 12.6 Å². The van der Waals surface area contributed by atoms with Crippen LogP contribution in [-0.4, -0.2) is 22.8 Å². The molecule has 146 valence electrons. The molecule has 0 radical (unpaired) electrons. The summed E-state index contributed by atoms with van der Waals surface area (Å²) in [5.41, 5.74) is 3.75. The van der Waals surface area contributed by atoms with E-state index in [0.717, 1.165) is 37.9 Å². The van der Waals surface area contributed by atoms with Crippen LogP contribution in [0.15, 0.2) is 77.3 Å². The molecule has 0 aliphatic heterocycles. The number of carbonyl (C=O) groups excluding carboxylic acids is 1. The van der Waals surface area contributed by atoms with E-state index in [2.05, 4.69) is 21.2 Å². The fourth-order valence-electron chi connectivity index (χ4n) is 3.33. The third-order valence-corrected chi connectivity index (χ3v) is 5.21. The van der Waals surface area contributed by atoms with E-state index in [1.54, 1.807) is 11.8 Å². The molecule has 0 spiro atoms. The molecule has 1 amide bonds. The van der Waals surface area contributed by atoms with Crippen LogP contribution in [0.25, 0.3) is 22.2 Å². The number of amides is 1. The van der Waals surface area contributed by atoms with E-state index in [1.165, 1.54) is 0 Å². The van der Waals surface area contributed by atoms with Crippen LogP contribution in [0.3, 0.4) is 0 Å². The molecule has 1 heterocycles. The van der Waals surface area contributed by atoms with E-state index < -0.39 is 0 Å². The molecule has 29 heavy (non-hydrogen) atoms. The lowest BCUT2D eigenvalue weighted by atomic mass is 10.1. The van der Waals surface area contributed by atoms with Crippen molar-refractivity contribution in [1.29, 1.82) is 0 Å². The molecule has 1 N–H and O–H groups in total. The number of rotatable bonds is 6. The highest BCUT2D eigenvalue weighted by atomic mass is 79.9. The van der Waals surface area contributed by atoms with Gasteiger partial charge < -0.3 is 10.1 Å². The lowest BCUT2D eigenvalue weighted by molar-refractivity contribution is -0.121. The first-order valence-electron chi connectivity index (χ1n) is 9.26. The Morgan fingerprint density at radius 2 is 1.83 bits per heavy atom. The van der Waals surface area contributed by atoms with Gasteiger partial charge in [-0.1, -0.05) is 64.5 Å². The molecule has 0 fully saturated rings. The molecular formula is C23H20BrN3O2. The minimum absolute atomic E-state index is 0.111. The molecule has 0 unspecified atom stereocenters. The lowest BCUT2D eigenvalue weighted by Crippen LogP contribution is -2.27. The maximum absolute atomic E-state index is 12.6. The highest BCUT2D eigenvalue weighted by molar-refractivity contribution is 9.10. The number of ether oxygens (including phenoxy) is 1. The van der Waals surface area contributed by atoms with Crippen molar-refractivity contribution < 1.29 is 9.53 Å². The Morgan fingerprint density at radius 3 is 2.62 bits per heavy atom. The summed E-state index contributed by atoms with van der Waals surface area (Å²) in [5, 5.41) is 8.72. The Morgan fingerprint density at radius 1 is 1.07 bits per heavy atom. The van der Waals surface area contributed by atoms with Crippen molar-refractivity contribution in [2.45, 2.75) is 13.1 Å². The minimum Gasteiger partial charge on any atom is -0.496 e. The van der Waals surface area contributed by atoms with Crippen LogP contribution in [0, 0.1) is 0 Å². The molecule has 5 nitrogen and oxygen atoms in total. The Labute approximate surface area is 177 Å². The second-order valence-electron chi connectivity index (χ2n) is 6.62. The highest BCUT2D eigenvalue weighted by Gasteiger charge is 2.14. The zero-order valence-electron chi connectivity index (χ0n) is 15.9. The van der Waals surface area contributed by atoms with Crippen molar-refractivity contribution in [3.8, 4) is 17.0 Å². The van der Waals surface area contributed by atoms with Gasteiger partial charge in [-0.25, -0.2) is 0 Å². The van der Waals surface area contributed by atoms with Crippen molar-refractivity contribution in [3.63, 3.8) is 0 Å². The average molecular weight is 450 g/mol. The average Bonchev–Trinajstić information content (AvgIpc) is 3.11. The highest BCUT2D eigenvalue weighted by Crippen LogP contribution is 2.27. The van der Waals surface area contributed by atoms with E-state index in [9.17, 15) is 4.79 Å². The fraction of sp³-hybridized carbons (Fsp3) is 0.130. The molecule has 3 aromatic carbocycles. The van der Waals surface area contributed by atoms with Crippen molar-refractivity contribution in [3.05, 3.63) is 82.8 Å². The molecule has 0 saturated heterocycles. The zero-order chi connectivity index (χ0) is 20.2. The Bertz CT molecular complexity index is 1160. The summed E-state index contributed by atoms with van der Waals surface area (Å²) in [4.78, 5) is 12.6. The summed E-state index contributed by atoms with van der Waals surface area (Å²) in [6.45, 7) is 0.524. The molecule has 1 aromatic heterocycles. The van der Waals surface area contributed by atoms with Gasteiger partial charge in [0.25, 0.3) is 0 Å². The number of nitrogens with one attached hydrogen (secondary N) is 1. The number of fused-ring (bicyclic) bond motifs is 1. The SMILES string of the molecule is COc1ccc(Br)cc1CNC(=O)Cn1nc(-c2ccccc2)c2ccccc21. The maximum atomic E-state index is 12.6. The predicted octanol–water partition coefficient (Wildman–Crippen LogP) is 4.79. The molecule has 4 rings (SSSR count). The van der Waals surface area contributed by atoms with Gasteiger partial charge in [0, 0.05) is 27.5 Å². The van der Waals surface area contributed by atoms with Gasteiger partial charge >= 0.3 is 0 Å². The second-order valence-corrected chi connectivity index (χ2v) is 7.54. The second kappa shape index (κ2) is 8.49. The maximum Gasteiger partial charge on any atom is 0.242 e. The minimum atomic E-state index is -0.111. The first kappa shape index (κ1) is 19.2. The number of benzene rings is 3. The van der Waals surface area contributed by atoms with E-state index >= 15 is 0 Å². The Hall–Kier alpha value is -3.12. The molecular weight excluding hydrogens is 430 g/mol. The molecule has 0 atom stereocenters. The van der Waals surface area contributed by atoms with Crippen LogP contribution in [0.2, 0.25) is 0 Å². The number of hydrogen-bond donors (Lipinski definition) is 1. The standard InChI is InChI=1S/C23H20BrN3O2/c1-29-21-12-11-18(24)13-17(21)14-25-22(28)15-27-20-10-6-5-9-19(20)23(26-27)16-7-3-2-4-8-16/h2-13H,14-15H2,1H3,(H,25,28). The number of carbonyl (C=O) groups is 1. The van der Waals surface area contributed by atoms with Gasteiger partial charge in [-0.05, 0) is 24.3 Å². The number of halogens is 1. The van der Waals surface area contributed by atoms with Crippen LogP contribution < -0.4 is 10.1 Å². The summed E-state index contributed by atoms with van der Waals surface area (Å²) < 4.78 is 8.06. The summed E-state index contributed by atoms with van der Waals surface area (Å²) >= 11 is 3.46. The van der Waals surface area contributed by atoms with Gasteiger partial charge in [-0.15, -0.1) is 0 Å². The first-order valence-corrected chi connectivity index (χ1v) is 10.0. The smallest absolute Gasteiger partial charge is 0.242 e. The van der Waals surface area contributed by atoms with Crippen molar-refractivity contribution in [2.24, 2.45) is 0 Å². The number of para-hydroxylation sites is 1. The molecule has 0 aliphatic rings. The van der Waals surface area contributed by atoms with E-state index in [4.69, 9.17) is 9.84 Å². The molecule has 0 bridgehead atoms. The fourth-order valence-corrected chi connectivity index (χ4v) is 3.74. The van der Waals surface area contributed by atoms with Crippen LogP contribution >= 0.6 is 15.9 Å². The van der Waals surface area contributed by atoms with Crippen LogP contribution in [-0.2, 0) is 17.9 Å². The summed E-state index contributed by atoms with van der Waals surface area (Å²) in [7, 11) is 1.62. The van der Waals surface area contributed by atoms with E-state index in [0.29, 0.717) is 6.54 Å². The molecule has 4 aromatic rings. The number of hydrogen-bond acceptors (Lipinski definition) is 3. The number of methoxy groups -OCH3 is 1. The van der Waals surface area contributed by atoms with Crippen molar-refractivity contribution in [2.75, 3.05) is 7.11 Å². The quantitative estimate of drug-likeness (QED) is 0.460. The molecule has 6 heteroatoms. The van der Waals surface area contributed by atoms with Gasteiger partial charge in [0.15, 0.2) is 0 Å². The van der Waals surface area contributed by atoms with Gasteiger partial charge in [-0.3, -0.25) is 9.48 Å². The van der Waals surface area contributed by atoms with E-state index in [1.807, 2.05) is 72.8 Å². The number of nitrogens with zero attached hydrogens (tertiary/aromatic N) is 2. The van der Waals surface area contributed by atoms with Gasteiger partial charge in [0.2, 0.25) is 5.91 Å². The number of aromatic nitrogens is 2. The van der Waals surface area contributed by atoms with Crippen LogP contribution in [0.4, 0.5) is 0 Å². The Kier molecular flexibility index (Phi) is 5.62.